The van der Waals surface area contributed by atoms with Crippen molar-refractivity contribution in [2.45, 2.75) is 12.0 Å². The van der Waals surface area contributed by atoms with E-state index in [0.717, 1.165) is 12.2 Å². The molecule has 2 aromatic rings. The highest BCUT2D eigenvalue weighted by Gasteiger charge is 2.55. The summed E-state index contributed by atoms with van der Waals surface area (Å²) in [7, 11) is 0. The van der Waals surface area contributed by atoms with Gasteiger partial charge in [0.1, 0.15) is 17.0 Å². The molecule has 124 valence electrons. The first-order valence-electron chi connectivity index (χ1n) is 7.99. The van der Waals surface area contributed by atoms with E-state index in [9.17, 15) is 4.79 Å². The molecule has 0 saturated carbocycles. The molecule has 2 aliphatic heterocycles. The largest absolute Gasteiger partial charge is 0.492 e. The summed E-state index contributed by atoms with van der Waals surface area (Å²) in [5.41, 5.74) is 0.0774. The van der Waals surface area contributed by atoms with Crippen molar-refractivity contribution in [3.8, 4) is 5.75 Å². The van der Waals surface area contributed by atoms with E-state index >= 15 is 0 Å². The Kier molecular flexibility index (Phi) is 3.86. The molecule has 4 rings (SSSR count). The van der Waals surface area contributed by atoms with Crippen LogP contribution in [0.3, 0.4) is 0 Å². The lowest BCUT2D eigenvalue weighted by Gasteiger charge is -2.49. The smallest absolute Gasteiger partial charge is 0.274 e. The number of aromatic nitrogens is 3. The van der Waals surface area contributed by atoms with Crippen molar-refractivity contribution in [3.05, 3.63) is 48.8 Å². The molecule has 7 nitrogen and oxygen atoms in total. The quantitative estimate of drug-likeness (QED) is 0.840. The number of ether oxygens (including phenoxy) is 2. The molecule has 2 fully saturated rings. The molecule has 0 bridgehead atoms. The van der Waals surface area contributed by atoms with Gasteiger partial charge in [0.15, 0.2) is 0 Å². The summed E-state index contributed by atoms with van der Waals surface area (Å²) in [4.78, 5) is 26.2. The van der Waals surface area contributed by atoms with Crippen LogP contribution in [0.1, 0.15) is 16.9 Å². The van der Waals surface area contributed by atoms with Gasteiger partial charge in [-0.1, -0.05) is 0 Å². The molecule has 2 aromatic heterocycles. The van der Waals surface area contributed by atoms with Crippen molar-refractivity contribution in [2.24, 2.45) is 5.92 Å². The molecule has 1 atom stereocenters. The Hall–Kier alpha value is -2.54. The average Bonchev–Trinajstić information content (AvgIpc) is 3.04. The highest BCUT2D eigenvalue weighted by Crippen LogP contribution is 2.40. The summed E-state index contributed by atoms with van der Waals surface area (Å²) in [5, 5.41) is 0. The summed E-state index contributed by atoms with van der Waals surface area (Å²) in [6.45, 7) is 2.42. The second-order valence-corrected chi connectivity index (χ2v) is 6.15. The van der Waals surface area contributed by atoms with Gasteiger partial charge in [0.05, 0.1) is 32.1 Å². The van der Waals surface area contributed by atoms with Gasteiger partial charge < -0.3 is 14.4 Å². The van der Waals surface area contributed by atoms with Gasteiger partial charge in [-0.3, -0.25) is 14.8 Å². The van der Waals surface area contributed by atoms with Crippen LogP contribution in [0.2, 0.25) is 0 Å². The zero-order valence-electron chi connectivity index (χ0n) is 13.2. The van der Waals surface area contributed by atoms with Gasteiger partial charge in [-0.25, -0.2) is 4.98 Å². The van der Waals surface area contributed by atoms with Crippen LogP contribution in [0.5, 0.6) is 5.75 Å². The normalized spacial score (nSPS) is 21.5. The molecule has 0 aromatic carbocycles. The molecular formula is C17H18N4O3. The first-order chi connectivity index (χ1) is 11.8. The summed E-state index contributed by atoms with van der Waals surface area (Å²) in [6.07, 6.45) is 8.93. The standard InChI is InChI=1S/C17H18N4O3/c22-16(15-9-19-5-6-20-15)21-11-17(12-21)13(3-7-24-17)10-23-14-2-1-4-18-8-14/h1-2,4-6,8-9,13H,3,7,10-12H2. The summed E-state index contributed by atoms with van der Waals surface area (Å²) >= 11 is 0. The molecule has 0 N–H and O–H groups in total. The van der Waals surface area contributed by atoms with E-state index in [-0.39, 0.29) is 17.4 Å². The Bertz CT molecular complexity index is 704. The zero-order valence-corrected chi connectivity index (χ0v) is 13.2. The van der Waals surface area contributed by atoms with Crippen molar-refractivity contribution in [2.75, 3.05) is 26.3 Å². The number of carbonyl (C=O) groups is 1. The van der Waals surface area contributed by atoms with Gasteiger partial charge in [-0.05, 0) is 18.6 Å². The number of hydrogen-bond donors (Lipinski definition) is 0. The predicted octanol–water partition coefficient (Wildman–Crippen LogP) is 1.18. The van der Waals surface area contributed by atoms with Crippen molar-refractivity contribution in [1.29, 1.82) is 0 Å². The van der Waals surface area contributed by atoms with Crippen LogP contribution in [0.4, 0.5) is 0 Å². The fourth-order valence-corrected chi connectivity index (χ4v) is 3.31. The molecule has 0 aliphatic carbocycles. The maximum Gasteiger partial charge on any atom is 0.274 e. The highest BCUT2D eigenvalue weighted by molar-refractivity contribution is 5.92. The molecule has 1 spiro atoms. The van der Waals surface area contributed by atoms with Gasteiger partial charge in [-0.15, -0.1) is 0 Å². The fourth-order valence-electron chi connectivity index (χ4n) is 3.31. The summed E-state index contributed by atoms with van der Waals surface area (Å²) < 4.78 is 11.8. The number of amides is 1. The van der Waals surface area contributed by atoms with Crippen LogP contribution in [0, 0.1) is 5.92 Å². The topological polar surface area (TPSA) is 77.4 Å². The number of likely N-dealkylation sites (tertiary alicyclic amines) is 1. The Labute approximate surface area is 139 Å². The minimum Gasteiger partial charge on any atom is -0.492 e. The minimum absolute atomic E-state index is 0.101. The second kappa shape index (κ2) is 6.16. The Morgan fingerprint density at radius 2 is 2.17 bits per heavy atom. The van der Waals surface area contributed by atoms with Gasteiger partial charge in [0.25, 0.3) is 5.91 Å². The van der Waals surface area contributed by atoms with Crippen molar-refractivity contribution >= 4 is 5.91 Å². The number of rotatable bonds is 4. The summed E-state index contributed by atoms with van der Waals surface area (Å²) in [6, 6.07) is 3.74. The lowest BCUT2D eigenvalue weighted by atomic mass is 9.81. The molecule has 4 heterocycles. The van der Waals surface area contributed by atoms with Gasteiger partial charge in [0.2, 0.25) is 0 Å². The molecular weight excluding hydrogens is 308 g/mol. The minimum atomic E-state index is -0.292. The maximum absolute atomic E-state index is 12.4. The van der Waals surface area contributed by atoms with E-state index in [1.807, 2.05) is 12.1 Å². The summed E-state index contributed by atoms with van der Waals surface area (Å²) in [5.74, 6) is 0.922. The first-order valence-corrected chi connectivity index (χ1v) is 7.99. The lowest BCUT2D eigenvalue weighted by molar-refractivity contribution is -0.122. The third-order valence-corrected chi connectivity index (χ3v) is 4.67. The molecule has 0 radical (unpaired) electrons. The van der Waals surface area contributed by atoms with Crippen LogP contribution in [-0.2, 0) is 4.74 Å². The Morgan fingerprint density at radius 3 is 2.92 bits per heavy atom. The van der Waals surface area contributed by atoms with Crippen LogP contribution < -0.4 is 4.74 Å². The number of carbonyl (C=O) groups excluding carboxylic acids is 1. The monoisotopic (exact) mass is 326 g/mol. The number of hydrogen-bond acceptors (Lipinski definition) is 6. The molecule has 1 amide bonds. The van der Waals surface area contributed by atoms with E-state index in [2.05, 4.69) is 15.0 Å². The Balaban J connectivity index is 1.37. The molecule has 7 heteroatoms. The first kappa shape index (κ1) is 15.0. The lowest BCUT2D eigenvalue weighted by Crippen LogP contribution is -2.66. The van der Waals surface area contributed by atoms with Gasteiger partial charge in [0, 0.05) is 31.1 Å². The second-order valence-electron chi connectivity index (χ2n) is 6.15. The zero-order chi connectivity index (χ0) is 16.4. The third-order valence-electron chi connectivity index (χ3n) is 4.67. The SMILES string of the molecule is O=C(c1cnccn1)N1CC2(C1)OCCC2COc1cccnc1. The molecule has 24 heavy (non-hydrogen) atoms. The van der Waals surface area contributed by atoms with E-state index in [4.69, 9.17) is 9.47 Å². The molecule has 2 aliphatic rings. The third kappa shape index (κ3) is 2.71. The van der Waals surface area contributed by atoms with Crippen LogP contribution in [-0.4, -0.2) is 57.7 Å². The number of nitrogens with zero attached hydrogens (tertiary/aromatic N) is 4. The highest BCUT2D eigenvalue weighted by atomic mass is 16.5. The van der Waals surface area contributed by atoms with Crippen LogP contribution in [0.15, 0.2) is 43.1 Å². The Morgan fingerprint density at radius 1 is 1.29 bits per heavy atom. The van der Waals surface area contributed by atoms with Gasteiger partial charge in [-0.2, -0.15) is 0 Å². The van der Waals surface area contributed by atoms with Gasteiger partial charge >= 0.3 is 0 Å². The predicted molar refractivity (Wildman–Crippen MR) is 84.5 cm³/mol. The molecule has 2 saturated heterocycles. The maximum atomic E-state index is 12.4. The van der Waals surface area contributed by atoms with E-state index in [1.54, 1.807) is 23.5 Å². The van der Waals surface area contributed by atoms with Crippen molar-refractivity contribution < 1.29 is 14.3 Å². The molecule has 1 unspecified atom stereocenters. The van der Waals surface area contributed by atoms with Crippen LogP contribution >= 0.6 is 0 Å². The van der Waals surface area contributed by atoms with E-state index in [0.29, 0.717) is 32.0 Å². The van der Waals surface area contributed by atoms with Crippen molar-refractivity contribution in [1.82, 2.24) is 19.9 Å². The van der Waals surface area contributed by atoms with Crippen molar-refractivity contribution in [3.63, 3.8) is 0 Å². The average molecular weight is 326 g/mol. The van der Waals surface area contributed by atoms with E-state index in [1.165, 1.54) is 12.4 Å². The fraction of sp³-hybridized carbons (Fsp3) is 0.412. The number of pyridine rings is 1. The van der Waals surface area contributed by atoms with E-state index < -0.39 is 0 Å². The van der Waals surface area contributed by atoms with Crippen LogP contribution in [0.25, 0.3) is 0 Å².